The molecule has 0 bridgehead atoms. The van der Waals surface area contributed by atoms with Crippen LogP contribution < -0.4 is 5.32 Å². The summed E-state index contributed by atoms with van der Waals surface area (Å²) >= 11 is 7.35. The summed E-state index contributed by atoms with van der Waals surface area (Å²) in [6.07, 6.45) is 1.22. The lowest BCUT2D eigenvalue weighted by atomic mass is 10.1. The largest absolute Gasteiger partial charge is 0.444 e. The normalized spacial score (nSPS) is 26.2. The molecular formula is C12H17ClN2O3S. The van der Waals surface area contributed by atoms with Crippen molar-refractivity contribution in [2.45, 2.75) is 37.8 Å². The minimum absolute atomic E-state index is 0.0491. The van der Waals surface area contributed by atoms with Gasteiger partial charge in [-0.1, -0.05) is 0 Å². The molecule has 106 valence electrons. The fraction of sp³-hybridized carbons (Fsp3) is 0.667. The predicted octanol–water partition coefficient (Wildman–Crippen LogP) is 1.92. The van der Waals surface area contributed by atoms with E-state index in [2.05, 4.69) is 5.32 Å². The molecule has 0 aromatic carbocycles. The van der Waals surface area contributed by atoms with Crippen molar-refractivity contribution in [3.8, 4) is 0 Å². The minimum atomic E-state index is -0.567. The van der Waals surface area contributed by atoms with E-state index in [0.717, 1.165) is 11.3 Å². The molecule has 2 amide bonds. The molecule has 0 spiro atoms. The molecule has 7 heteroatoms. The summed E-state index contributed by atoms with van der Waals surface area (Å²) in [6, 6.07) is -0.507. The molecule has 1 fully saturated rings. The molecule has 5 nitrogen and oxygen atoms in total. The lowest BCUT2D eigenvalue weighted by Gasteiger charge is -2.47. The molecule has 0 aromatic heterocycles. The molecule has 2 heterocycles. The van der Waals surface area contributed by atoms with Crippen molar-refractivity contribution in [2.75, 3.05) is 11.6 Å². The van der Waals surface area contributed by atoms with Crippen LogP contribution in [0.25, 0.3) is 0 Å². The predicted molar refractivity (Wildman–Crippen MR) is 75.1 cm³/mol. The summed E-state index contributed by atoms with van der Waals surface area (Å²) < 4.78 is 5.15. The molecule has 0 saturated carbocycles. The molecule has 19 heavy (non-hydrogen) atoms. The number of carbonyl (C=O) groups is 2. The maximum atomic E-state index is 11.9. The highest BCUT2D eigenvalue weighted by atomic mass is 35.5. The van der Waals surface area contributed by atoms with Gasteiger partial charge in [0.25, 0.3) is 5.91 Å². The maximum Gasteiger partial charge on any atom is 0.408 e. The first kappa shape index (κ1) is 14.5. The monoisotopic (exact) mass is 304 g/mol. The number of halogens is 1. The van der Waals surface area contributed by atoms with Crippen LogP contribution >= 0.6 is 23.4 Å². The van der Waals surface area contributed by atoms with E-state index in [1.807, 2.05) is 0 Å². The van der Waals surface area contributed by atoms with E-state index in [1.165, 1.54) is 0 Å². The number of nitrogens with zero attached hydrogens (tertiary/aromatic N) is 1. The Morgan fingerprint density at radius 1 is 1.63 bits per heavy atom. The molecule has 2 rings (SSSR count). The van der Waals surface area contributed by atoms with Crippen LogP contribution in [0, 0.1) is 0 Å². The van der Waals surface area contributed by atoms with Gasteiger partial charge >= 0.3 is 6.09 Å². The van der Waals surface area contributed by atoms with E-state index < -0.39 is 17.7 Å². The number of thioether (sulfide) groups is 1. The van der Waals surface area contributed by atoms with Crippen molar-refractivity contribution in [3.63, 3.8) is 0 Å². The number of nitrogens with one attached hydrogen (secondary N) is 1. The van der Waals surface area contributed by atoms with Crippen LogP contribution in [-0.2, 0) is 9.53 Å². The van der Waals surface area contributed by atoms with E-state index in [0.29, 0.717) is 5.88 Å². The number of β-lactam (4-membered cyclic amide) rings is 1. The third-order valence-electron chi connectivity index (χ3n) is 2.68. The van der Waals surface area contributed by atoms with Gasteiger partial charge in [0.15, 0.2) is 0 Å². The van der Waals surface area contributed by atoms with Crippen molar-refractivity contribution in [2.24, 2.45) is 0 Å². The lowest BCUT2D eigenvalue weighted by Crippen LogP contribution is -2.68. The van der Waals surface area contributed by atoms with Gasteiger partial charge in [-0.15, -0.1) is 23.4 Å². The van der Waals surface area contributed by atoms with E-state index >= 15 is 0 Å². The Balaban J connectivity index is 1.93. The number of amides is 2. The fourth-order valence-corrected chi connectivity index (χ4v) is 3.41. The van der Waals surface area contributed by atoms with Crippen LogP contribution in [0.5, 0.6) is 0 Å². The van der Waals surface area contributed by atoms with Crippen molar-refractivity contribution in [3.05, 3.63) is 11.8 Å². The topological polar surface area (TPSA) is 58.6 Å². The van der Waals surface area contributed by atoms with Gasteiger partial charge in [0.05, 0.1) is 0 Å². The quantitative estimate of drug-likeness (QED) is 0.625. The Hall–Kier alpha value is -0.880. The second-order valence-corrected chi connectivity index (χ2v) is 6.86. The Morgan fingerprint density at radius 2 is 2.32 bits per heavy atom. The maximum absolute atomic E-state index is 11.9. The van der Waals surface area contributed by atoms with Gasteiger partial charge in [0.1, 0.15) is 17.0 Å². The third-order valence-corrected chi connectivity index (χ3v) is 4.41. The van der Waals surface area contributed by atoms with Crippen LogP contribution in [0.2, 0.25) is 0 Å². The van der Waals surface area contributed by atoms with Crippen molar-refractivity contribution < 1.29 is 14.3 Å². The number of rotatable bonds is 2. The zero-order chi connectivity index (χ0) is 14.2. The van der Waals surface area contributed by atoms with Gasteiger partial charge in [-0.05, 0) is 26.3 Å². The van der Waals surface area contributed by atoms with E-state index in [9.17, 15) is 9.59 Å². The van der Waals surface area contributed by atoms with Crippen molar-refractivity contribution in [1.82, 2.24) is 10.2 Å². The molecule has 1 N–H and O–H groups in total. The van der Waals surface area contributed by atoms with E-state index in [-0.39, 0.29) is 11.3 Å². The summed E-state index contributed by atoms with van der Waals surface area (Å²) in [4.78, 5) is 25.2. The number of hydrogen-bond acceptors (Lipinski definition) is 4. The number of fused-ring (bicyclic) bond motifs is 1. The van der Waals surface area contributed by atoms with Gasteiger partial charge in [0.2, 0.25) is 0 Å². The van der Waals surface area contributed by atoms with Gasteiger partial charge < -0.3 is 15.0 Å². The number of alkyl carbamates (subject to hydrolysis) is 1. The van der Waals surface area contributed by atoms with Gasteiger partial charge in [0, 0.05) is 17.8 Å². The number of carbonyl (C=O) groups excluding carboxylic acids is 2. The molecule has 1 saturated heterocycles. The van der Waals surface area contributed by atoms with Crippen LogP contribution in [-0.4, -0.2) is 45.5 Å². The Bertz CT molecular complexity index is 433. The van der Waals surface area contributed by atoms with Crippen molar-refractivity contribution >= 4 is 35.4 Å². The Morgan fingerprint density at radius 3 is 2.89 bits per heavy atom. The summed E-state index contributed by atoms with van der Waals surface area (Å²) in [5, 5.41) is 2.57. The number of hydrogen-bond donors (Lipinski definition) is 1. The summed E-state index contributed by atoms with van der Waals surface area (Å²) in [5.41, 5.74) is 0.453. The van der Waals surface area contributed by atoms with Gasteiger partial charge in [-0.3, -0.25) is 4.79 Å². The molecular weight excluding hydrogens is 288 g/mol. The van der Waals surface area contributed by atoms with Crippen LogP contribution in [0.3, 0.4) is 0 Å². The van der Waals surface area contributed by atoms with Gasteiger partial charge in [-0.2, -0.15) is 0 Å². The zero-order valence-electron chi connectivity index (χ0n) is 11.1. The molecule has 2 aliphatic heterocycles. The molecule has 2 aliphatic rings. The summed E-state index contributed by atoms with van der Waals surface area (Å²) in [5.74, 6) is 1.09. The summed E-state index contributed by atoms with van der Waals surface area (Å²) in [7, 11) is 0. The first-order valence-corrected chi connectivity index (χ1v) is 7.59. The standard InChI is InChI=1S/C12H17ClN2O3S/c1-12(2,3)18-11(17)14-8-9(16)15-5-7(4-13)6-19-10(8)15/h5,8,10H,4,6H2,1-3H3,(H,14,17)/t8-,10+/m1/s1. The highest BCUT2D eigenvalue weighted by molar-refractivity contribution is 8.00. The molecule has 0 aliphatic carbocycles. The minimum Gasteiger partial charge on any atom is -0.444 e. The SMILES string of the molecule is CC(C)(C)OC(=O)N[C@@H]1C(=O)N2C=C(CCl)CS[C@@H]12. The smallest absolute Gasteiger partial charge is 0.408 e. The van der Waals surface area contributed by atoms with Crippen LogP contribution in [0.15, 0.2) is 11.8 Å². The second-order valence-electron chi connectivity index (χ2n) is 5.49. The van der Waals surface area contributed by atoms with E-state index in [4.69, 9.17) is 16.3 Å². The van der Waals surface area contributed by atoms with Crippen LogP contribution in [0.4, 0.5) is 4.79 Å². The first-order valence-electron chi connectivity index (χ1n) is 6.00. The summed E-state index contributed by atoms with van der Waals surface area (Å²) in [6.45, 7) is 5.35. The van der Waals surface area contributed by atoms with Gasteiger partial charge in [-0.25, -0.2) is 4.79 Å². The molecule has 0 radical (unpaired) electrons. The Kier molecular flexibility index (Phi) is 4.01. The average Bonchev–Trinajstić information content (AvgIpc) is 2.32. The molecule has 2 atom stereocenters. The fourth-order valence-electron chi connectivity index (χ4n) is 1.87. The highest BCUT2D eigenvalue weighted by Gasteiger charge is 2.49. The van der Waals surface area contributed by atoms with Crippen molar-refractivity contribution in [1.29, 1.82) is 0 Å². The highest BCUT2D eigenvalue weighted by Crippen LogP contribution is 2.36. The molecule has 0 unspecified atom stereocenters. The van der Waals surface area contributed by atoms with Crippen LogP contribution in [0.1, 0.15) is 20.8 Å². The lowest BCUT2D eigenvalue weighted by molar-refractivity contribution is -0.141. The zero-order valence-corrected chi connectivity index (χ0v) is 12.7. The molecule has 0 aromatic rings. The first-order chi connectivity index (χ1) is 8.81. The average molecular weight is 305 g/mol. The Labute approximate surface area is 121 Å². The second kappa shape index (κ2) is 5.25. The number of alkyl halides is 1. The number of ether oxygens (including phenoxy) is 1. The van der Waals surface area contributed by atoms with E-state index in [1.54, 1.807) is 43.6 Å². The third kappa shape index (κ3) is 3.17.